The number of allylic oxidation sites excluding steroid dienone is 2. The van der Waals surface area contributed by atoms with Crippen molar-refractivity contribution in [2.45, 2.75) is 6.54 Å². The Kier molecular flexibility index (Phi) is 1.96. The third-order valence-electron chi connectivity index (χ3n) is 2.76. The molecule has 0 atom stereocenters. The molecule has 78 valence electrons. The summed E-state index contributed by atoms with van der Waals surface area (Å²) in [5.41, 5.74) is 2.07. The van der Waals surface area contributed by atoms with Gasteiger partial charge >= 0.3 is 0 Å². The molecule has 3 nitrogen and oxygen atoms in total. The molecule has 0 fully saturated rings. The largest absolute Gasteiger partial charge is 0.329 e. The predicted molar refractivity (Wildman–Crippen MR) is 64.5 cm³/mol. The quantitative estimate of drug-likeness (QED) is 0.699. The Morgan fingerprint density at radius 2 is 2.06 bits per heavy atom. The lowest BCUT2D eigenvalue weighted by Gasteiger charge is -2.20. The third-order valence-corrected chi connectivity index (χ3v) is 2.76. The lowest BCUT2D eigenvalue weighted by Crippen LogP contribution is -2.24. The van der Waals surface area contributed by atoms with Crippen molar-refractivity contribution in [3.8, 4) is 0 Å². The van der Waals surface area contributed by atoms with Crippen LogP contribution in [-0.4, -0.2) is 16.6 Å². The van der Waals surface area contributed by atoms with Crippen LogP contribution >= 0.6 is 0 Å². The Balaban J connectivity index is 2.14. The van der Waals surface area contributed by atoms with Gasteiger partial charge in [-0.1, -0.05) is 30.3 Å². The first-order chi connectivity index (χ1) is 7.84. The van der Waals surface area contributed by atoms with Crippen LogP contribution in [-0.2, 0) is 6.54 Å². The summed E-state index contributed by atoms with van der Waals surface area (Å²) in [6.45, 7) is 0.776. The Labute approximate surface area is 93.9 Å². The summed E-state index contributed by atoms with van der Waals surface area (Å²) >= 11 is 0. The molecule has 3 heteroatoms. The van der Waals surface area contributed by atoms with Gasteiger partial charge in [-0.25, -0.2) is 4.99 Å². The van der Waals surface area contributed by atoms with Crippen molar-refractivity contribution in [1.29, 1.82) is 5.41 Å². The molecule has 0 unspecified atom stereocenters. The highest BCUT2D eigenvalue weighted by Crippen LogP contribution is 2.19. The van der Waals surface area contributed by atoms with E-state index in [4.69, 9.17) is 5.41 Å². The average Bonchev–Trinajstić information content (AvgIpc) is 2.45. The maximum Gasteiger partial charge on any atom is 0.154 e. The molecule has 1 aromatic carbocycles. The smallest absolute Gasteiger partial charge is 0.154 e. The van der Waals surface area contributed by atoms with Gasteiger partial charge in [-0.05, 0) is 17.7 Å². The van der Waals surface area contributed by atoms with Crippen molar-refractivity contribution in [3.05, 3.63) is 59.8 Å². The van der Waals surface area contributed by atoms with Gasteiger partial charge < -0.3 is 4.90 Å². The Morgan fingerprint density at radius 1 is 1.19 bits per heavy atom. The number of hydrogen-bond acceptors (Lipinski definition) is 2. The highest BCUT2D eigenvalue weighted by atomic mass is 15.2. The minimum absolute atomic E-state index is 0.341. The zero-order valence-electron chi connectivity index (χ0n) is 8.72. The number of amidine groups is 2. The average molecular weight is 209 g/mol. The Morgan fingerprint density at radius 3 is 3.00 bits per heavy atom. The molecule has 0 saturated carbocycles. The van der Waals surface area contributed by atoms with Crippen LogP contribution in [0.4, 0.5) is 0 Å². The van der Waals surface area contributed by atoms with Crippen LogP contribution in [0, 0.1) is 5.41 Å². The van der Waals surface area contributed by atoms with E-state index in [1.54, 1.807) is 0 Å². The molecule has 0 aliphatic carbocycles. The molecule has 1 aromatic rings. The fourth-order valence-corrected chi connectivity index (χ4v) is 1.95. The standard InChI is InChI=1S/C13H11N3/c14-13-11-6-2-1-5-10(11)9-16-8-4-3-7-12(16)15-13/h1-8,14H,9H2. The number of nitrogens with zero attached hydrogens (tertiary/aromatic N) is 2. The third kappa shape index (κ3) is 1.37. The summed E-state index contributed by atoms with van der Waals surface area (Å²) in [4.78, 5) is 6.38. The first-order valence-electron chi connectivity index (χ1n) is 5.21. The van der Waals surface area contributed by atoms with Gasteiger partial charge in [0.1, 0.15) is 5.84 Å². The molecule has 3 rings (SSSR count). The van der Waals surface area contributed by atoms with Gasteiger partial charge in [-0.2, -0.15) is 0 Å². The highest BCUT2D eigenvalue weighted by Gasteiger charge is 2.18. The van der Waals surface area contributed by atoms with Crippen LogP contribution in [0.2, 0.25) is 0 Å². The summed E-state index contributed by atoms with van der Waals surface area (Å²) in [6, 6.07) is 7.95. The topological polar surface area (TPSA) is 39.5 Å². The molecule has 2 aliphatic heterocycles. The van der Waals surface area contributed by atoms with Crippen LogP contribution < -0.4 is 0 Å². The van der Waals surface area contributed by atoms with E-state index in [-0.39, 0.29) is 0 Å². The second-order valence-electron chi connectivity index (χ2n) is 3.80. The van der Waals surface area contributed by atoms with E-state index in [2.05, 4.69) is 16.0 Å². The van der Waals surface area contributed by atoms with Crippen LogP contribution in [0.5, 0.6) is 0 Å². The summed E-state index contributed by atoms with van der Waals surface area (Å²) < 4.78 is 0. The summed E-state index contributed by atoms with van der Waals surface area (Å²) in [5.74, 6) is 1.18. The fraction of sp³-hybridized carbons (Fsp3) is 0.0769. The van der Waals surface area contributed by atoms with Crippen molar-refractivity contribution in [1.82, 2.24) is 4.90 Å². The monoisotopic (exact) mass is 209 g/mol. The molecule has 0 radical (unpaired) electrons. The molecule has 0 bridgehead atoms. The first kappa shape index (κ1) is 9.09. The first-order valence-corrected chi connectivity index (χ1v) is 5.21. The summed E-state index contributed by atoms with van der Waals surface area (Å²) in [6.07, 6.45) is 7.85. The zero-order valence-corrected chi connectivity index (χ0v) is 8.72. The molecule has 0 amide bonds. The van der Waals surface area contributed by atoms with Gasteiger partial charge in [0.05, 0.1) is 0 Å². The van der Waals surface area contributed by atoms with Gasteiger partial charge in [0.2, 0.25) is 0 Å². The predicted octanol–water partition coefficient (Wildman–Crippen LogP) is 2.31. The number of nitrogens with one attached hydrogen (secondary N) is 1. The lowest BCUT2D eigenvalue weighted by atomic mass is 10.1. The van der Waals surface area contributed by atoms with Gasteiger partial charge in [0.15, 0.2) is 5.84 Å². The van der Waals surface area contributed by atoms with Crippen LogP contribution in [0.1, 0.15) is 11.1 Å². The normalized spacial score (nSPS) is 17.6. The second kappa shape index (κ2) is 3.45. The van der Waals surface area contributed by atoms with E-state index in [9.17, 15) is 0 Å². The fourth-order valence-electron chi connectivity index (χ4n) is 1.95. The number of rotatable bonds is 0. The molecule has 1 N–H and O–H groups in total. The Bertz CT molecular complexity index is 538. The molecule has 2 aliphatic rings. The number of aliphatic imine (C=N–C) groups is 1. The van der Waals surface area contributed by atoms with Crippen molar-refractivity contribution in [2.75, 3.05) is 0 Å². The van der Waals surface area contributed by atoms with Crippen molar-refractivity contribution in [2.24, 2.45) is 4.99 Å². The minimum Gasteiger partial charge on any atom is -0.329 e. The highest BCUT2D eigenvalue weighted by molar-refractivity contribution is 6.10. The Hall–Kier alpha value is -2.16. The lowest BCUT2D eigenvalue weighted by molar-refractivity contribution is 0.556. The molecular formula is C13H11N3. The molecule has 0 spiro atoms. The van der Waals surface area contributed by atoms with Gasteiger partial charge in [0.25, 0.3) is 0 Å². The molecule has 0 saturated heterocycles. The molecule has 0 aromatic heterocycles. The van der Waals surface area contributed by atoms with Gasteiger partial charge in [0, 0.05) is 18.3 Å². The second-order valence-corrected chi connectivity index (χ2v) is 3.80. The van der Waals surface area contributed by atoms with E-state index >= 15 is 0 Å². The molecular weight excluding hydrogens is 198 g/mol. The molecule has 2 heterocycles. The van der Waals surface area contributed by atoms with Gasteiger partial charge in [-0.3, -0.25) is 5.41 Å². The van der Waals surface area contributed by atoms with Crippen LogP contribution in [0.25, 0.3) is 0 Å². The minimum atomic E-state index is 0.341. The summed E-state index contributed by atoms with van der Waals surface area (Å²) in [5, 5.41) is 7.96. The molecule has 16 heavy (non-hydrogen) atoms. The number of hydrogen-bond donors (Lipinski definition) is 1. The van der Waals surface area contributed by atoms with Gasteiger partial charge in [-0.15, -0.1) is 0 Å². The maximum atomic E-state index is 7.96. The van der Waals surface area contributed by atoms with Crippen LogP contribution in [0.3, 0.4) is 0 Å². The zero-order chi connectivity index (χ0) is 11.0. The maximum absolute atomic E-state index is 7.96. The van der Waals surface area contributed by atoms with E-state index in [1.165, 1.54) is 0 Å². The van der Waals surface area contributed by atoms with Crippen molar-refractivity contribution < 1.29 is 0 Å². The van der Waals surface area contributed by atoms with Crippen molar-refractivity contribution >= 4 is 11.7 Å². The number of benzene rings is 1. The summed E-state index contributed by atoms with van der Waals surface area (Å²) in [7, 11) is 0. The van der Waals surface area contributed by atoms with Crippen LogP contribution in [0.15, 0.2) is 53.7 Å². The van der Waals surface area contributed by atoms with E-state index in [0.29, 0.717) is 5.84 Å². The van der Waals surface area contributed by atoms with Crippen molar-refractivity contribution in [3.63, 3.8) is 0 Å². The SMILES string of the molecule is N=C1N=C2C=CC=CN2Cc2ccccc21. The van der Waals surface area contributed by atoms with E-state index in [0.717, 1.165) is 23.5 Å². The van der Waals surface area contributed by atoms with E-state index < -0.39 is 0 Å². The number of fused-ring (bicyclic) bond motifs is 2. The van der Waals surface area contributed by atoms with E-state index in [1.807, 2.05) is 42.6 Å².